The van der Waals surface area contributed by atoms with Gasteiger partial charge in [0.15, 0.2) is 6.61 Å². The lowest BCUT2D eigenvalue weighted by Crippen LogP contribution is -2.40. The number of ether oxygens (including phenoxy) is 2. The predicted octanol–water partition coefficient (Wildman–Crippen LogP) is 3.87. The highest BCUT2D eigenvalue weighted by Crippen LogP contribution is 2.44. The Labute approximate surface area is 237 Å². The SMILES string of the molecule is O=C(OCC(=O)N1N=C2C(=Cc3ccco3)CCCC2C1c1ccco1)c1ccc(S(=O)(=O)N2CCOCC2)cc1. The quantitative estimate of drug-likeness (QED) is 0.386. The molecule has 2 aromatic heterocycles. The Morgan fingerprint density at radius 2 is 1.78 bits per heavy atom. The Hall–Kier alpha value is -4.00. The number of nitrogens with zero attached hydrogens (tertiary/aromatic N) is 3. The van der Waals surface area contributed by atoms with Crippen molar-refractivity contribution in [1.82, 2.24) is 9.31 Å². The van der Waals surface area contributed by atoms with Gasteiger partial charge in [0, 0.05) is 19.0 Å². The standard InChI is InChI=1S/C29H29N3O8S/c33-26(19-40-29(34)20-8-10-23(11-9-20)41(35,36)31-12-16-37-17-13-31)32-28(25-7-3-15-39-25)24-6-1-4-21(27(24)30-32)18-22-5-2-14-38-22/h2-3,5,7-11,14-15,18,24,28H,1,4,6,12-13,16-17,19H2. The number of carbonyl (C=O) groups excluding carboxylic acids is 2. The van der Waals surface area contributed by atoms with Gasteiger partial charge in [-0.2, -0.15) is 9.41 Å². The largest absolute Gasteiger partial charge is 0.467 e. The molecule has 2 aliphatic heterocycles. The highest BCUT2D eigenvalue weighted by molar-refractivity contribution is 7.89. The fourth-order valence-electron chi connectivity index (χ4n) is 5.47. The molecular formula is C29H29N3O8S. The van der Waals surface area contributed by atoms with Gasteiger partial charge in [0.2, 0.25) is 10.0 Å². The van der Waals surface area contributed by atoms with Crippen LogP contribution in [0.1, 0.15) is 47.2 Å². The summed E-state index contributed by atoms with van der Waals surface area (Å²) in [5.41, 5.74) is 1.92. The molecule has 214 valence electrons. The summed E-state index contributed by atoms with van der Waals surface area (Å²) in [5.74, 6) is -0.00163. The van der Waals surface area contributed by atoms with Crippen molar-refractivity contribution in [2.24, 2.45) is 11.0 Å². The topological polar surface area (TPSA) is 132 Å². The third-order valence-electron chi connectivity index (χ3n) is 7.48. The summed E-state index contributed by atoms with van der Waals surface area (Å²) in [6.07, 6.45) is 7.65. The zero-order valence-electron chi connectivity index (χ0n) is 22.2. The summed E-state index contributed by atoms with van der Waals surface area (Å²) in [6, 6.07) is 12.3. The van der Waals surface area contributed by atoms with E-state index in [9.17, 15) is 18.0 Å². The van der Waals surface area contributed by atoms with Crippen molar-refractivity contribution in [1.29, 1.82) is 0 Å². The number of esters is 1. The molecule has 1 saturated heterocycles. The molecule has 11 nitrogen and oxygen atoms in total. The number of rotatable bonds is 7. The van der Waals surface area contributed by atoms with Gasteiger partial charge in [0.25, 0.3) is 5.91 Å². The number of carbonyl (C=O) groups is 2. The van der Waals surface area contributed by atoms with Crippen molar-refractivity contribution >= 4 is 33.7 Å². The molecule has 3 aromatic rings. The number of morpholine rings is 1. The van der Waals surface area contributed by atoms with Crippen molar-refractivity contribution in [2.45, 2.75) is 30.2 Å². The minimum Gasteiger partial charge on any atom is -0.467 e. The Kier molecular flexibility index (Phi) is 7.61. The second kappa shape index (κ2) is 11.5. The van der Waals surface area contributed by atoms with Crippen molar-refractivity contribution in [2.75, 3.05) is 32.9 Å². The smallest absolute Gasteiger partial charge is 0.338 e. The molecule has 0 radical (unpaired) electrons. The van der Waals surface area contributed by atoms with Gasteiger partial charge in [0.05, 0.1) is 41.9 Å². The molecule has 4 heterocycles. The average molecular weight is 580 g/mol. The van der Waals surface area contributed by atoms with Gasteiger partial charge in [-0.3, -0.25) is 4.79 Å². The molecule has 1 aliphatic carbocycles. The number of allylic oxidation sites excluding steroid dienone is 1. The first-order valence-electron chi connectivity index (χ1n) is 13.5. The fourth-order valence-corrected chi connectivity index (χ4v) is 6.87. The van der Waals surface area contributed by atoms with Crippen LogP contribution in [0, 0.1) is 5.92 Å². The number of fused-ring (bicyclic) bond motifs is 1. The van der Waals surface area contributed by atoms with Gasteiger partial charge in [-0.15, -0.1) is 0 Å². The lowest BCUT2D eigenvalue weighted by Gasteiger charge is -2.27. The van der Waals surface area contributed by atoms with Crippen LogP contribution < -0.4 is 0 Å². The van der Waals surface area contributed by atoms with Gasteiger partial charge in [-0.25, -0.2) is 18.2 Å². The zero-order chi connectivity index (χ0) is 28.4. The summed E-state index contributed by atoms with van der Waals surface area (Å²) in [7, 11) is -3.69. The molecular weight excluding hydrogens is 550 g/mol. The third-order valence-corrected chi connectivity index (χ3v) is 9.39. The van der Waals surface area contributed by atoms with Crippen molar-refractivity contribution in [3.63, 3.8) is 0 Å². The molecule has 2 atom stereocenters. The normalized spacial score (nSPS) is 22.4. The first-order chi connectivity index (χ1) is 19.9. The molecule has 12 heteroatoms. The van der Waals surface area contributed by atoms with Gasteiger partial charge in [-0.1, -0.05) is 0 Å². The molecule has 0 N–H and O–H groups in total. The van der Waals surface area contributed by atoms with Gasteiger partial charge >= 0.3 is 5.97 Å². The van der Waals surface area contributed by atoms with Crippen LogP contribution in [-0.4, -0.2) is 68.2 Å². The van der Waals surface area contributed by atoms with E-state index in [1.807, 2.05) is 24.3 Å². The molecule has 1 aromatic carbocycles. The van der Waals surface area contributed by atoms with Crippen molar-refractivity contribution < 1.29 is 36.3 Å². The minimum absolute atomic E-state index is 0.0715. The van der Waals surface area contributed by atoms with Crippen LogP contribution in [0.4, 0.5) is 0 Å². The Morgan fingerprint density at radius 1 is 1.02 bits per heavy atom. The number of sulfonamides is 1. The van der Waals surface area contributed by atoms with E-state index in [0.29, 0.717) is 24.7 Å². The highest BCUT2D eigenvalue weighted by Gasteiger charge is 2.45. The summed E-state index contributed by atoms with van der Waals surface area (Å²) in [5, 5.41) is 6.05. The van der Waals surface area contributed by atoms with Crippen LogP contribution in [0.3, 0.4) is 0 Å². The second-order valence-corrected chi connectivity index (χ2v) is 11.9. The first-order valence-corrected chi connectivity index (χ1v) is 14.9. The molecule has 41 heavy (non-hydrogen) atoms. The molecule has 1 amide bonds. The second-order valence-electron chi connectivity index (χ2n) is 9.98. The lowest BCUT2D eigenvalue weighted by atomic mass is 9.79. The van der Waals surface area contributed by atoms with E-state index in [1.54, 1.807) is 18.6 Å². The van der Waals surface area contributed by atoms with E-state index >= 15 is 0 Å². The van der Waals surface area contributed by atoms with Crippen LogP contribution in [-0.2, 0) is 24.3 Å². The Balaban J connectivity index is 1.16. The third kappa shape index (κ3) is 5.50. The van der Waals surface area contributed by atoms with Gasteiger partial charge < -0.3 is 18.3 Å². The van der Waals surface area contributed by atoms with Crippen LogP contribution in [0.2, 0.25) is 0 Å². The van der Waals surface area contributed by atoms with E-state index in [1.165, 1.54) is 33.6 Å². The van der Waals surface area contributed by atoms with E-state index in [0.717, 1.165) is 30.5 Å². The van der Waals surface area contributed by atoms with Crippen molar-refractivity contribution in [3.05, 3.63) is 83.7 Å². The maximum absolute atomic E-state index is 13.4. The maximum Gasteiger partial charge on any atom is 0.338 e. The number of benzene rings is 1. The van der Waals surface area contributed by atoms with Crippen molar-refractivity contribution in [3.8, 4) is 0 Å². The maximum atomic E-state index is 13.4. The summed E-state index contributed by atoms with van der Waals surface area (Å²) in [6.45, 7) is 0.682. The molecule has 0 bridgehead atoms. The number of hydrogen-bond acceptors (Lipinski definition) is 9. The molecule has 1 saturated carbocycles. The summed E-state index contributed by atoms with van der Waals surface area (Å²) >= 11 is 0. The fraction of sp³-hybridized carbons (Fsp3) is 0.345. The molecule has 3 aliphatic rings. The molecule has 0 spiro atoms. The van der Waals surface area contributed by atoms with Crippen LogP contribution >= 0.6 is 0 Å². The zero-order valence-corrected chi connectivity index (χ0v) is 23.0. The van der Waals surface area contributed by atoms with E-state index < -0.39 is 34.5 Å². The first kappa shape index (κ1) is 27.2. The van der Waals surface area contributed by atoms with E-state index in [2.05, 4.69) is 0 Å². The number of amides is 1. The van der Waals surface area contributed by atoms with Crippen LogP contribution in [0.25, 0.3) is 6.08 Å². The minimum atomic E-state index is -3.69. The van der Waals surface area contributed by atoms with E-state index in [-0.39, 0.29) is 29.5 Å². The number of hydrazone groups is 1. The monoisotopic (exact) mass is 579 g/mol. The molecule has 2 unspecified atom stereocenters. The van der Waals surface area contributed by atoms with Crippen LogP contribution in [0.5, 0.6) is 0 Å². The number of furan rings is 2. The summed E-state index contributed by atoms with van der Waals surface area (Å²) < 4.78 is 48.8. The van der Waals surface area contributed by atoms with Crippen LogP contribution in [0.15, 0.2) is 85.5 Å². The average Bonchev–Trinajstić information content (AvgIpc) is 3.78. The Bertz CT molecular complexity index is 1550. The Morgan fingerprint density at radius 3 is 2.49 bits per heavy atom. The highest BCUT2D eigenvalue weighted by atomic mass is 32.2. The predicted molar refractivity (Wildman–Crippen MR) is 146 cm³/mol. The molecule has 2 fully saturated rings. The van der Waals surface area contributed by atoms with Gasteiger partial charge in [0.1, 0.15) is 17.6 Å². The van der Waals surface area contributed by atoms with E-state index in [4.69, 9.17) is 23.4 Å². The lowest BCUT2D eigenvalue weighted by molar-refractivity contribution is -0.137. The van der Waals surface area contributed by atoms with Gasteiger partial charge in [-0.05, 0) is 79.4 Å². The number of hydrogen-bond donors (Lipinski definition) is 0. The molecule has 6 rings (SSSR count). The summed E-state index contributed by atoms with van der Waals surface area (Å²) in [4.78, 5) is 26.2.